The molecule has 0 aromatic heterocycles. The summed E-state index contributed by atoms with van der Waals surface area (Å²) < 4.78 is 0. The molecule has 0 amide bonds. The van der Waals surface area contributed by atoms with E-state index in [9.17, 15) is 4.79 Å². The largest absolute Gasteiger partial charge is 0.378 e. The van der Waals surface area contributed by atoms with Crippen LogP contribution in [0.1, 0.15) is 13.8 Å². The molecule has 0 atom stereocenters. The fraction of sp³-hybridized carbons (Fsp3) is 0.571. The molecule has 0 N–H and O–H groups in total. The number of nitrogens with zero attached hydrogens (tertiary/aromatic N) is 1. The molecule has 0 bridgehead atoms. The molecule has 0 saturated carbocycles. The number of halogens is 1. The minimum atomic E-state index is -0.424. The summed E-state index contributed by atoms with van der Waals surface area (Å²) in [7, 11) is 0. The maximum Gasteiger partial charge on any atom is 0.246 e. The highest BCUT2D eigenvalue weighted by atomic mass is 35.5. The van der Waals surface area contributed by atoms with Gasteiger partial charge < -0.3 is 4.90 Å². The Hall–Kier alpha value is -0.500. The second kappa shape index (κ2) is 5.30. The second-order valence-corrected chi connectivity index (χ2v) is 2.21. The molecule has 0 aliphatic heterocycles. The Bertz CT molecular complexity index is 130. The summed E-state index contributed by atoms with van der Waals surface area (Å²) in [5, 5.41) is -0.424. The Morgan fingerprint density at radius 1 is 1.50 bits per heavy atom. The molecule has 0 spiro atoms. The molecule has 0 aromatic carbocycles. The highest BCUT2D eigenvalue weighted by Gasteiger charge is 1.90. The molecule has 0 aliphatic rings. The number of carbonyl (C=O) groups excluding carboxylic acids is 1. The van der Waals surface area contributed by atoms with E-state index in [4.69, 9.17) is 11.6 Å². The predicted octanol–water partition coefficient (Wildman–Crippen LogP) is 1.61. The first-order valence-corrected chi connectivity index (χ1v) is 3.70. The Morgan fingerprint density at radius 3 is 2.30 bits per heavy atom. The molecular formula is C7H12ClNO. The first kappa shape index (κ1) is 9.50. The van der Waals surface area contributed by atoms with E-state index in [1.165, 1.54) is 6.08 Å². The minimum absolute atomic E-state index is 0.424. The van der Waals surface area contributed by atoms with Gasteiger partial charge in [-0.3, -0.25) is 4.79 Å². The van der Waals surface area contributed by atoms with E-state index in [1.807, 2.05) is 18.7 Å². The van der Waals surface area contributed by atoms with Crippen molar-refractivity contribution in [2.75, 3.05) is 13.1 Å². The van der Waals surface area contributed by atoms with E-state index in [1.54, 1.807) is 6.20 Å². The van der Waals surface area contributed by atoms with E-state index in [-0.39, 0.29) is 0 Å². The van der Waals surface area contributed by atoms with Gasteiger partial charge in [0.05, 0.1) is 0 Å². The van der Waals surface area contributed by atoms with Crippen LogP contribution in [0.2, 0.25) is 0 Å². The highest BCUT2D eigenvalue weighted by Crippen LogP contribution is 1.90. The van der Waals surface area contributed by atoms with Crippen LogP contribution < -0.4 is 0 Å². The van der Waals surface area contributed by atoms with Crippen LogP contribution in [0.4, 0.5) is 0 Å². The van der Waals surface area contributed by atoms with Crippen molar-refractivity contribution in [2.45, 2.75) is 13.8 Å². The van der Waals surface area contributed by atoms with Gasteiger partial charge in [0, 0.05) is 25.4 Å². The number of rotatable bonds is 4. The van der Waals surface area contributed by atoms with Crippen LogP contribution in [-0.2, 0) is 4.79 Å². The lowest BCUT2D eigenvalue weighted by atomic mass is 10.5. The van der Waals surface area contributed by atoms with Crippen molar-refractivity contribution in [3.05, 3.63) is 12.3 Å². The molecule has 3 heteroatoms. The van der Waals surface area contributed by atoms with Crippen LogP contribution in [0.25, 0.3) is 0 Å². The van der Waals surface area contributed by atoms with E-state index in [2.05, 4.69) is 0 Å². The summed E-state index contributed by atoms with van der Waals surface area (Å²) in [6.07, 6.45) is 3.06. The molecule has 0 heterocycles. The average molecular weight is 162 g/mol. The third kappa shape index (κ3) is 4.39. The van der Waals surface area contributed by atoms with Gasteiger partial charge in [-0.25, -0.2) is 0 Å². The van der Waals surface area contributed by atoms with E-state index < -0.39 is 5.24 Å². The summed E-state index contributed by atoms with van der Waals surface area (Å²) in [6.45, 7) is 5.84. The van der Waals surface area contributed by atoms with Gasteiger partial charge in [-0.1, -0.05) is 0 Å². The zero-order valence-corrected chi connectivity index (χ0v) is 7.06. The molecule has 0 rings (SSSR count). The normalized spacial score (nSPS) is 10.3. The lowest BCUT2D eigenvalue weighted by molar-refractivity contribution is -0.107. The Morgan fingerprint density at radius 2 is 2.00 bits per heavy atom. The van der Waals surface area contributed by atoms with Crippen LogP contribution in [0.15, 0.2) is 12.3 Å². The fourth-order valence-electron chi connectivity index (χ4n) is 0.598. The quantitative estimate of drug-likeness (QED) is 0.461. The summed E-state index contributed by atoms with van der Waals surface area (Å²) in [4.78, 5) is 12.2. The highest BCUT2D eigenvalue weighted by molar-refractivity contribution is 6.66. The van der Waals surface area contributed by atoms with Gasteiger partial charge in [0.2, 0.25) is 5.24 Å². The van der Waals surface area contributed by atoms with Crippen molar-refractivity contribution in [1.29, 1.82) is 0 Å². The number of hydrogen-bond donors (Lipinski definition) is 0. The molecule has 2 nitrogen and oxygen atoms in total. The van der Waals surface area contributed by atoms with Gasteiger partial charge >= 0.3 is 0 Å². The standard InChI is InChI=1S/C7H12ClNO/c1-3-9(4-2)6-5-7(8)10/h5-6H,3-4H2,1-2H3/b6-5+. The molecule has 0 fully saturated rings. The van der Waals surface area contributed by atoms with Crippen LogP contribution >= 0.6 is 11.6 Å². The molecule has 10 heavy (non-hydrogen) atoms. The first-order chi connectivity index (χ1) is 4.70. The van der Waals surface area contributed by atoms with Crippen LogP contribution in [0.3, 0.4) is 0 Å². The van der Waals surface area contributed by atoms with E-state index in [0.29, 0.717) is 0 Å². The van der Waals surface area contributed by atoms with Crippen molar-refractivity contribution >= 4 is 16.8 Å². The maximum atomic E-state index is 10.2. The van der Waals surface area contributed by atoms with Crippen molar-refractivity contribution in [2.24, 2.45) is 0 Å². The smallest absolute Gasteiger partial charge is 0.246 e. The van der Waals surface area contributed by atoms with Crippen LogP contribution in [0.5, 0.6) is 0 Å². The zero-order chi connectivity index (χ0) is 7.98. The van der Waals surface area contributed by atoms with Gasteiger partial charge in [-0.05, 0) is 25.4 Å². The molecule has 0 aromatic rings. The number of hydrogen-bond acceptors (Lipinski definition) is 2. The van der Waals surface area contributed by atoms with Crippen molar-refractivity contribution in [1.82, 2.24) is 4.90 Å². The summed E-state index contributed by atoms with van der Waals surface area (Å²) >= 11 is 5.08. The Labute approximate surface area is 66.5 Å². The Kier molecular flexibility index (Phi) is 5.03. The van der Waals surface area contributed by atoms with Gasteiger partial charge in [0.25, 0.3) is 0 Å². The van der Waals surface area contributed by atoms with Gasteiger partial charge in [0.15, 0.2) is 0 Å². The summed E-state index contributed by atoms with van der Waals surface area (Å²) in [5.41, 5.74) is 0. The molecular weight excluding hydrogens is 150 g/mol. The predicted molar refractivity (Wildman–Crippen MR) is 42.9 cm³/mol. The zero-order valence-electron chi connectivity index (χ0n) is 6.30. The summed E-state index contributed by atoms with van der Waals surface area (Å²) in [6, 6.07) is 0. The van der Waals surface area contributed by atoms with Crippen molar-refractivity contribution in [3.8, 4) is 0 Å². The van der Waals surface area contributed by atoms with Gasteiger partial charge in [0.1, 0.15) is 0 Å². The minimum Gasteiger partial charge on any atom is -0.378 e. The molecule has 0 unspecified atom stereocenters. The van der Waals surface area contributed by atoms with Gasteiger partial charge in [-0.15, -0.1) is 0 Å². The van der Waals surface area contributed by atoms with E-state index in [0.717, 1.165) is 13.1 Å². The number of carbonyl (C=O) groups is 1. The summed E-state index contributed by atoms with van der Waals surface area (Å²) in [5.74, 6) is 0. The SMILES string of the molecule is CCN(/C=C/C(=O)Cl)CC. The molecule has 58 valence electrons. The molecule has 0 radical (unpaired) electrons. The average Bonchev–Trinajstić information content (AvgIpc) is 1.90. The maximum absolute atomic E-state index is 10.2. The lowest BCUT2D eigenvalue weighted by Crippen LogP contribution is -2.15. The molecule has 0 saturated heterocycles. The monoisotopic (exact) mass is 161 g/mol. The topological polar surface area (TPSA) is 20.3 Å². The van der Waals surface area contributed by atoms with Crippen LogP contribution in [-0.4, -0.2) is 23.2 Å². The fourth-order valence-corrected chi connectivity index (χ4v) is 0.655. The third-order valence-corrected chi connectivity index (χ3v) is 1.35. The van der Waals surface area contributed by atoms with Gasteiger partial charge in [-0.2, -0.15) is 0 Å². The first-order valence-electron chi connectivity index (χ1n) is 3.32. The van der Waals surface area contributed by atoms with Crippen molar-refractivity contribution in [3.63, 3.8) is 0 Å². The lowest BCUT2D eigenvalue weighted by Gasteiger charge is -2.13. The second-order valence-electron chi connectivity index (χ2n) is 1.84. The van der Waals surface area contributed by atoms with Crippen LogP contribution in [0, 0.1) is 0 Å². The number of allylic oxidation sites excluding steroid dienone is 1. The third-order valence-electron chi connectivity index (χ3n) is 1.23. The van der Waals surface area contributed by atoms with Crippen molar-refractivity contribution < 1.29 is 4.79 Å². The Balaban J connectivity index is 3.72. The van der Waals surface area contributed by atoms with E-state index >= 15 is 0 Å². The molecule has 0 aliphatic carbocycles.